The van der Waals surface area contributed by atoms with E-state index in [1.54, 1.807) is 24.2 Å². The Kier molecular flexibility index (Phi) is 4.83. The molecule has 2 heterocycles. The average Bonchev–Trinajstić information content (AvgIpc) is 2.40. The fourth-order valence-electron chi connectivity index (χ4n) is 2.37. The molecular weight excluding hydrogens is 282 g/mol. The third-order valence-corrected chi connectivity index (χ3v) is 5.99. The number of hydrogen-bond acceptors (Lipinski definition) is 6. The zero-order chi connectivity index (χ0) is 13.9. The molecule has 0 spiro atoms. The second-order valence-electron chi connectivity index (χ2n) is 4.63. The highest BCUT2D eigenvalue weighted by Gasteiger charge is 2.35. The first-order valence-electron chi connectivity index (χ1n) is 6.16. The molecule has 0 aromatic carbocycles. The molecule has 0 radical (unpaired) electrons. The molecule has 1 aromatic rings. The molecule has 1 aliphatic heterocycles. The Hall–Kier alpha value is -0.630. The predicted molar refractivity (Wildman–Crippen MR) is 78.7 cm³/mol. The van der Waals surface area contributed by atoms with Crippen molar-refractivity contribution in [2.75, 3.05) is 30.9 Å². The summed E-state index contributed by atoms with van der Waals surface area (Å²) in [6.45, 7) is 1.15. The van der Waals surface area contributed by atoms with Crippen molar-refractivity contribution >= 4 is 21.6 Å². The van der Waals surface area contributed by atoms with Crippen LogP contribution < -0.4 is 5.73 Å². The van der Waals surface area contributed by atoms with Crippen molar-refractivity contribution < 1.29 is 8.42 Å². The first kappa shape index (κ1) is 14.8. The van der Waals surface area contributed by atoms with Gasteiger partial charge in [0.25, 0.3) is 0 Å². The van der Waals surface area contributed by atoms with Crippen LogP contribution in [-0.4, -0.2) is 54.5 Å². The molecule has 0 aliphatic carbocycles. The van der Waals surface area contributed by atoms with Crippen molar-refractivity contribution in [3.63, 3.8) is 0 Å². The highest BCUT2D eigenvalue weighted by Crippen LogP contribution is 2.29. The van der Waals surface area contributed by atoms with Crippen molar-refractivity contribution in [3.05, 3.63) is 30.1 Å². The van der Waals surface area contributed by atoms with Gasteiger partial charge < -0.3 is 5.73 Å². The van der Waals surface area contributed by atoms with Gasteiger partial charge in [0, 0.05) is 49.3 Å². The van der Waals surface area contributed by atoms with Gasteiger partial charge in [0.15, 0.2) is 9.84 Å². The highest BCUT2D eigenvalue weighted by atomic mass is 32.2. The lowest BCUT2D eigenvalue weighted by Crippen LogP contribution is -2.50. The van der Waals surface area contributed by atoms with Gasteiger partial charge in [-0.3, -0.25) is 9.88 Å². The fraction of sp³-hybridized carbons (Fsp3) is 0.583. The third kappa shape index (κ3) is 3.47. The molecule has 1 aliphatic rings. The van der Waals surface area contributed by atoms with Gasteiger partial charge in [0.05, 0.1) is 0 Å². The third-order valence-electron chi connectivity index (χ3n) is 3.33. The normalized spacial score (nSPS) is 23.2. The quantitative estimate of drug-likeness (QED) is 0.873. The summed E-state index contributed by atoms with van der Waals surface area (Å²) in [6, 6.07) is 3.74. The maximum atomic E-state index is 11.9. The van der Waals surface area contributed by atoms with Crippen LogP contribution in [-0.2, 0) is 9.84 Å². The number of hydrogen-bond donors (Lipinski definition) is 1. The van der Waals surface area contributed by atoms with E-state index in [1.807, 2.05) is 17.0 Å². The lowest BCUT2D eigenvalue weighted by molar-refractivity contribution is 0.198. The summed E-state index contributed by atoms with van der Waals surface area (Å²) in [5, 5.41) is -0.451. The van der Waals surface area contributed by atoms with Crippen LogP contribution in [0.3, 0.4) is 0 Å². The second-order valence-corrected chi connectivity index (χ2v) is 7.98. The monoisotopic (exact) mass is 301 g/mol. The molecule has 1 aromatic heterocycles. The van der Waals surface area contributed by atoms with E-state index in [-0.39, 0.29) is 6.04 Å². The Morgan fingerprint density at radius 1 is 1.53 bits per heavy atom. The zero-order valence-corrected chi connectivity index (χ0v) is 12.5. The van der Waals surface area contributed by atoms with Crippen LogP contribution in [0.1, 0.15) is 11.6 Å². The summed E-state index contributed by atoms with van der Waals surface area (Å²) in [5.41, 5.74) is 6.90. The number of thioether (sulfide) groups is 1. The number of aromatic nitrogens is 1. The standard InChI is InChI=1S/C12H19N3O2S2/c1-19(16,17)12-9-18-7-6-15(12)11(8-13)10-2-4-14-5-3-10/h2-5,11-12H,6-9,13H2,1H3. The summed E-state index contributed by atoms with van der Waals surface area (Å²) < 4.78 is 23.9. The van der Waals surface area contributed by atoms with Crippen LogP contribution in [0.25, 0.3) is 0 Å². The van der Waals surface area contributed by atoms with Crippen LogP contribution >= 0.6 is 11.8 Å². The van der Waals surface area contributed by atoms with Crippen LogP contribution in [0.5, 0.6) is 0 Å². The molecule has 2 rings (SSSR count). The largest absolute Gasteiger partial charge is 0.329 e. The van der Waals surface area contributed by atoms with Crippen LogP contribution in [0.4, 0.5) is 0 Å². The number of nitrogens with zero attached hydrogens (tertiary/aromatic N) is 2. The average molecular weight is 301 g/mol. The number of pyridine rings is 1. The minimum atomic E-state index is -3.10. The minimum Gasteiger partial charge on any atom is -0.329 e. The molecule has 2 unspecified atom stereocenters. The minimum absolute atomic E-state index is 0.0661. The molecule has 2 N–H and O–H groups in total. The Bertz CT molecular complexity index is 507. The lowest BCUT2D eigenvalue weighted by Gasteiger charge is -2.39. The number of rotatable bonds is 4. The van der Waals surface area contributed by atoms with Gasteiger partial charge in [-0.25, -0.2) is 8.42 Å². The maximum absolute atomic E-state index is 11.9. The Balaban J connectivity index is 2.30. The molecule has 0 saturated carbocycles. The van der Waals surface area contributed by atoms with E-state index in [2.05, 4.69) is 4.98 Å². The van der Waals surface area contributed by atoms with Crippen molar-refractivity contribution in [1.82, 2.24) is 9.88 Å². The van der Waals surface area contributed by atoms with Gasteiger partial charge in [-0.15, -0.1) is 0 Å². The Labute approximate surface area is 118 Å². The topological polar surface area (TPSA) is 76.3 Å². The summed E-state index contributed by atoms with van der Waals surface area (Å²) in [6.07, 6.45) is 4.73. The van der Waals surface area contributed by atoms with E-state index in [1.165, 1.54) is 6.26 Å². The Morgan fingerprint density at radius 2 is 2.21 bits per heavy atom. The first-order valence-corrected chi connectivity index (χ1v) is 9.27. The van der Waals surface area contributed by atoms with Gasteiger partial charge >= 0.3 is 0 Å². The molecule has 19 heavy (non-hydrogen) atoms. The predicted octanol–water partition coefficient (Wildman–Crippen LogP) is 0.501. The zero-order valence-electron chi connectivity index (χ0n) is 10.9. The highest BCUT2D eigenvalue weighted by molar-refractivity contribution is 8.00. The van der Waals surface area contributed by atoms with Gasteiger partial charge in [-0.05, 0) is 17.7 Å². The number of sulfone groups is 1. The van der Waals surface area contributed by atoms with Crippen molar-refractivity contribution in [2.45, 2.75) is 11.4 Å². The van der Waals surface area contributed by atoms with E-state index < -0.39 is 15.2 Å². The molecule has 0 amide bonds. The molecule has 1 fully saturated rings. The molecule has 5 nitrogen and oxygen atoms in total. The molecule has 7 heteroatoms. The molecule has 0 bridgehead atoms. The summed E-state index contributed by atoms with van der Waals surface area (Å²) in [7, 11) is -3.10. The van der Waals surface area contributed by atoms with Gasteiger partial charge in [-0.2, -0.15) is 11.8 Å². The summed E-state index contributed by atoms with van der Waals surface area (Å²) in [4.78, 5) is 6.01. The summed E-state index contributed by atoms with van der Waals surface area (Å²) >= 11 is 1.68. The number of nitrogens with two attached hydrogens (primary N) is 1. The van der Waals surface area contributed by atoms with Crippen molar-refractivity contribution in [3.8, 4) is 0 Å². The van der Waals surface area contributed by atoms with Gasteiger partial charge in [-0.1, -0.05) is 0 Å². The van der Waals surface area contributed by atoms with Crippen molar-refractivity contribution in [1.29, 1.82) is 0 Å². The first-order chi connectivity index (χ1) is 9.04. The van der Waals surface area contributed by atoms with Crippen LogP contribution in [0.2, 0.25) is 0 Å². The lowest BCUT2D eigenvalue weighted by atomic mass is 10.1. The molecular formula is C12H19N3O2S2. The van der Waals surface area contributed by atoms with E-state index >= 15 is 0 Å². The van der Waals surface area contributed by atoms with E-state index in [4.69, 9.17) is 5.73 Å². The molecule has 1 saturated heterocycles. The van der Waals surface area contributed by atoms with E-state index in [0.717, 1.165) is 17.9 Å². The van der Waals surface area contributed by atoms with Crippen LogP contribution in [0, 0.1) is 0 Å². The maximum Gasteiger partial charge on any atom is 0.164 e. The SMILES string of the molecule is CS(=O)(=O)C1CSCCN1C(CN)c1ccncc1. The van der Waals surface area contributed by atoms with Crippen LogP contribution in [0.15, 0.2) is 24.5 Å². The molecule has 2 atom stereocenters. The van der Waals surface area contributed by atoms with E-state index in [9.17, 15) is 8.42 Å². The fourth-order valence-corrected chi connectivity index (χ4v) is 5.29. The smallest absolute Gasteiger partial charge is 0.164 e. The molecule has 106 valence electrons. The summed E-state index contributed by atoms with van der Waals surface area (Å²) in [5.74, 6) is 1.55. The second kappa shape index (κ2) is 6.21. The van der Waals surface area contributed by atoms with E-state index in [0.29, 0.717) is 12.3 Å². The Morgan fingerprint density at radius 3 is 2.79 bits per heavy atom. The van der Waals surface area contributed by atoms with Gasteiger partial charge in [0.1, 0.15) is 5.37 Å². The van der Waals surface area contributed by atoms with Crippen molar-refractivity contribution in [2.24, 2.45) is 5.73 Å². The van der Waals surface area contributed by atoms with Gasteiger partial charge in [0.2, 0.25) is 0 Å².